The van der Waals surface area contributed by atoms with Gasteiger partial charge in [-0.1, -0.05) is 17.7 Å². The van der Waals surface area contributed by atoms with Crippen molar-refractivity contribution in [3.05, 3.63) is 56.7 Å². The fourth-order valence-electron chi connectivity index (χ4n) is 2.03. The number of hydrogen-bond donors (Lipinski definition) is 2. The van der Waals surface area contributed by atoms with Crippen molar-refractivity contribution in [3.63, 3.8) is 0 Å². The summed E-state index contributed by atoms with van der Waals surface area (Å²) in [5.74, 6) is -1.81. The van der Waals surface area contributed by atoms with Gasteiger partial charge in [0.05, 0.1) is 17.0 Å². The van der Waals surface area contributed by atoms with E-state index in [2.05, 4.69) is 5.32 Å². The molecule has 1 heterocycles. The summed E-state index contributed by atoms with van der Waals surface area (Å²) in [6.07, 6.45) is -0.734. The molecule has 3 nitrogen and oxygen atoms in total. The molecule has 0 radical (unpaired) electrons. The second-order valence-corrected chi connectivity index (χ2v) is 6.49. The molecule has 0 saturated carbocycles. The van der Waals surface area contributed by atoms with Crippen LogP contribution in [0.5, 0.6) is 0 Å². The number of nitrogens with one attached hydrogen (secondary N) is 1. The highest BCUT2D eigenvalue weighted by atomic mass is 35.5. The molecule has 2 aromatic rings. The Bertz CT molecular complexity index is 623. The van der Waals surface area contributed by atoms with Crippen molar-refractivity contribution >= 4 is 22.9 Å². The van der Waals surface area contributed by atoms with Gasteiger partial charge in [-0.2, -0.15) is 0 Å². The maximum atomic E-state index is 13.3. The van der Waals surface area contributed by atoms with E-state index in [-0.39, 0.29) is 19.2 Å². The number of thiophene rings is 1. The smallest absolute Gasteiger partial charge is 0.159 e. The standard InChI is InChI=1S/C15H16ClF2NO2S/c1-21-8-12(9-2-3-10(17)11(18)6-9)19-7-13(20)14-4-5-15(16)22-14/h2-6,12-13,19-20H,7-8H2,1H3. The van der Waals surface area contributed by atoms with Gasteiger partial charge in [-0.3, -0.25) is 0 Å². The summed E-state index contributed by atoms with van der Waals surface area (Å²) in [5.41, 5.74) is 0.553. The number of hydrogen-bond acceptors (Lipinski definition) is 4. The van der Waals surface area contributed by atoms with Crippen LogP contribution in [0.4, 0.5) is 8.78 Å². The second kappa shape index (κ2) is 7.99. The van der Waals surface area contributed by atoms with E-state index in [1.54, 1.807) is 12.1 Å². The van der Waals surface area contributed by atoms with E-state index in [0.717, 1.165) is 17.0 Å². The van der Waals surface area contributed by atoms with E-state index in [4.69, 9.17) is 16.3 Å². The lowest BCUT2D eigenvalue weighted by Gasteiger charge is -2.20. The van der Waals surface area contributed by atoms with Gasteiger partial charge in [-0.25, -0.2) is 8.78 Å². The molecule has 0 saturated heterocycles. The first-order chi connectivity index (χ1) is 10.5. The third kappa shape index (κ3) is 4.47. The van der Waals surface area contributed by atoms with Crippen LogP contribution in [0, 0.1) is 11.6 Å². The van der Waals surface area contributed by atoms with E-state index < -0.39 is 17.7 Å². The Morgan fingerprint density at radius 1 is 1.27 bits per heavy atom. The zero-order valence-electron chi connectivity index (χ0n) is 11.9. The van der Waals surface area contributed by atoms with Crippen molar-refractivity contribution in [1.29, 1.82) is 0 Å². The molecule has 0 amide bonds. The quantitative estimate of drug-likeness (QED) is 0.802. The number of aliphatic hydroxyl groups is 1. The third-order valence-electron chi connectivity index (χ3n) is 3.16. The Hall–Kier alpha value is -1.05. The van der Waals surface area contributed by atoms with Crippen LogP contribution >= 0.6 is 22.9 Å². The molecule has 22 heavy (non-hydrogen) atoms. The number of benzene rings is 1. The average molecular weight is 348 g/mol. The van der Waals surface area contributed by atoms with E-state index >= 15 is 0 Å². The van der Waals surface area contributed by atoms with Gasteiger partial charge in [0.1, 0.15) is 6.10 Å². The highest BCUT2D eigenvalue weighted by Gasteiger charge is 2.17. The Kier molecular flexibility index (Phi) is 6.28. The lowest BCUT2D eigenvalue weighted by atomic mass is 10.1. The maximum Gasteiger partial charge on any atom is 0.159 e. The highest BCUT2D eigenvalue weighted by molar-refractivity contribution is 7.16. The average Bonchev–Trinajstić information content (AvgIpc) is 2.93. The zero-order valence-corrected chi connectivity index (χ0v) is 13.4. The van der Waals surface area contributed by atoms with Gasteiger partial charge in [0.15, 0.2) is 11.6 Å². The molecule has 2 rings (SSSR count). The fraction of sp³-hybridized carbons (Fsp3) is 0.333. The zero-order chi connectivity index (χ0) is 16.1. The van der Waals surface area contributed by atoms with Crippen molar-refractivity contribution in [3.8, 4) is 0 Å². The van der Waals surface area contributed by atoms with Crippen molar-refractivity contribution in [1.82, 2.24) is 5.32 Å². The van der Waals surface area contributed by atoms with E-state index in [0.29, 0.717) is 9.90 Å². The Morgan fingerprint density at radius 2 is 2.05 bits per heavy atom. The predicted molar refractivity (Wildman–Crippen MR) is 83.3 cm³/mol. The molecule has 0 spiro atoms. The highest BCUT2D eigenvalue weighted by Crippen LogP contribution is 2.27. The molecule has 2 N–H and O–H groups in total. The summed E-state index contributed by atoms with van der Waals surface area (Å²) >= 11 is 7.13. The second-order valence-electron chi connectivity index (χ2n) is 4.75. The summed E-state index contributed by atoms with van der Waals surface area (Å²) in [6.45, 7) is 0.507. The summed E-state index contributed by atoms with van der Waals surface area (Å²) in [4.78, 5) is 0.735. The van der Waals surface area contributed by atoms with E-state index in [1.165, 1.54) is 24.5 Å². The Balaban J connectivity index is 2.03. The number of rotatable bonds is 7. The molecule has 0 aliphatic heterocycles. The number of aliphatic hydroxyl groups excluding tert-OH is 1. The van der Waals surface area contributed by atoms with Gasteiger partial charge in [-0.05, 0) is 29.8 Å². The Labute approximate surface area is 136 Å². The third-order valence-corrected chi connectivity index (χ3v) is 4.49. The summed E-state index contributed by atoms with van der Waals surface area (Å²) in [6, 6.07) is 6.80. The molecule has 7 heteroatoms. The molecular weight excluding hydrogens is 332 g/mol. The van der Waals surface area contributed by atoms with Gasteiger partial charge in [-0.15, -0.1) is 11.3 Å². The van der Waals surface area contributed by atoms with Crippen LogP contribution in [0.2, 0.25) is 4.34 Å². The van der Waals surface area contributed by atoms with Crippen LogP contribution in [-0.4, -0.2) is 25.4 Å². The van der Waals surface area contributed by atoms with Gasteiger partial charge in [0.25, 0.3) is 0 Å². The van der Waals surface area contributed by atoms with E-state index in [9.17, 15) is 13.9 Å². The lowest BCUT2D eigenvalue weighted by Crippen LogP contribution is -2.29. The van der Waals surface area contributed by atoms with Crippen molar-refractivity contribution in [2.75, 3.05) is 20.3 Å². The minimum atomic E-state index is -0.911. The number of halogens is 3. The van der Waals surface area contributed by atoms with Gasteiger partial charge in [0, 0.05) is 18.5 Å². The van der Waals surface area contributed by atoms with Crippen molar-refractivity contribution in [2.24, 2.45) is 0 Å². The monoisotopic (exact) mass is 347 g/mol. The summed E-state index contributed by atoms with van der Waals surface area (Å²) in [7, 11) is 1.52. The molecule has 1 aromatic heterocycles. The van der Waals surface area contributed by atoms with Crippen LogP contribution < -0.4 is 5.32 Å². The summed E-state index contributed by atoms with van der Waals surface area (Å²) in [5, 5.41) is 13.2. The van der Waals surface area contributed by atoms with Gasteiger partial charge in [0.2, 0.25) is 0 Å². The molecule has 2 atom stereocenters. The van der Waals surface area contributed by atoms with Crippen LogP contribution in [0.3, 0.4) is 0 Å². The summed E-state index contributed by atoms with van der Waals surface area (Å²) < 4.78 is 32.0. The normalized spacial score (nSPS) is 14.0. The molecule has 0 aliphatic rings. The minimum absolute atomic E-state index is 0.240. The van der Waals surface area contributed by atoms with Crippen LogP contribution in [0.25, 0.3) is 0 Å². The molecule has 0 fully saturated rings. The number of methoxy groups -OCH3 is 1. The molecule has 120 valence electrons. The topological polar surface area (TPSA) is 41.5 Å². The first-order valence-electron chi connectivity index (χ1n) is 6.62. The van der Waals surface area contributed by atoms with E-state index in [1.807, 2.05) is 0 Å². The van der Waals surface area contributed by atoms with Crippen molar-refractivity contribution in [2.45, 2.75) is 12.1 Å². The fourth-order valence-corrected chi connectivity index (χ4v) is 3.08. The molecular formula is C15H16ClF2NO2S. The van der Waals surface area contributed by atoms with Crippen LogP contribution in [-0.2, 0) is 4.74 Å². The molecule has 2 unspecified atom stereocenters. The number of ether oxygens (including phenoxy) is 1. The van der Waals surface area contributed by atoms with Gasteiger partial charge >= 0.3 is 0 Å². The molecule has 0 aliphatic carbocycles. The molecule has 1 aromatic carbocycles. The van der Waals surface area contributed by atoms with Crippen molar-refractivity contribution < 1.29 is 18.6 Å². The first-order valence-corrected chi connectivity index (χ1v) is 7.81. The van der Waals surface area contributed by atoms with Crippen LogP contribution in [0.15, 0.2) is 30.3 Å². The van der Waals surface area contributed by atoms with Crippen LogP contribution in [0.1, 0.15) is 22.6 Å². The SMILES string of the molecule is COCC(NCC(O)c1ccc(Cl)s1)c1ccc(F)c(F)c1. The van der Waals surface area contributed by atoms with Gasteiger partial charge < -0.3 is 15.2 Å². The first kappa shape index (κ1) is 17.3. The Morgan fingerprint density at radius 3 is 2.64 bits per heavy atom. The predicted octanol–water partition coefficient (Wildman–Crippen LogP) is 3.69. The largest absolute Gasteiger partial charge is 0.386 e. The lowest BCUT2D eigenvalue weighted by molar-refractivity contribution is 0.140. The molecule has 0 bridgehead atoms. The minimum Gasteiger partial charge on any atom is -0.386 e. The maximum absolute atomic E-state index is 13.3.